The zero-order valence-corrected chi connectivity index (χ0v) is 15.7. The molecule has 0 aliphatic rings. The first-order valence-corrected chi connectivity index (χ1v) is 10.1. The quantitative estimate of drug-likeness (QED) is 0.411. The van der Waals surface area contributed by atoms with Crippen molar-refractivity contribution in [2.45, 2.75) is 53.1 Å². The molecule has 0 atom stereocenters. The first-order valence-electron chi connectivity index (χ1n) is 8.06. The van der Waals surface area contributed by atoms with Gasteiger partial charge < -0.3 is 0 Å². The Morgan fingerprint density at radius 3 is 2.09 bits per heavy atom. The summed E-state index contributed by atoms with van der Waals surface area (Å²) in [5.41, 5.74) is 0. The van der Waals surface area contributed by atoms with Crippen molar-refractivity contribution < 1.29 is 18.9 Å². The molecule has 22 heavy (non-hydrogen) atoms. The third-order valence-corrected chi connectivity index (χ3v) is 6.62. The second-order valence-corrected chi connectivity index (χ2v) is 8.45. The summed E-state index contributed by atoms with van der Waals surface area (Å²) in [4.78, 5) is 11.0. The molecule has 0 aromatic rings. The Morgan fingerprint density at radius 1 is 1.05 bits per heavy atom. The summed E-state index contributed by atoms with van der Waals surface area (Å²) in [5, 5.41) is 8.83. The van der Waals surface area contributed by atoms with Gasteiger partial charge in [0.05, 0.1) is 0 Å². The van der Waals surface area contributed by atoms with E-state index in [0.29, 0.717) is 45.6 Å². The first-order chi connectivity index (χ1) is 10.4. The summed E-state index contributed by atoms with van der Waals surface area (Å²) < 4.78 is 18.4. The summed E-state index contributed by atoms with van der Waals surface area (Å²) in [6, 6.07) is 2.42. The molecule has 0 saturated heterocycles. The molecular weight excluding hydrogens is 303 g/mol. The van der Waals surface area contributed by atoms with Gasteiger partial charge in [-0.2, -0.15) is 0 Å². The maximum absolute atomic E-state index is 11.0. The van der Waals surface area contributed by atoms with Crippen LogP contribution in [0.25, 0.3) is 0 Å². The van der Waals surface area contributed by atoms with Crippen LogP contribution >= 0.6 is 7.87 Å². The fourth-order valence-corrected chi connectivity index (χ4v) is 5.54. The van der Waals surface area contributed by atoms with Crippen molar-refractivity contribution in [2.24, 2.45) is 0 Å². The van der Waals surface area contributed by atoms with Gasteiger partial charge in [0, 0.05) is 0 Å². The molecule has 0 amide bonds. The van der Waals surface area contributed by atoms with Crippen LogP contribution in [0, 0.1) is 11.3 Å². The minimum atomic E-state index is -3.10. The third kappa shape index (κ3) is 8.38. The van der Waals surface area contributed by atoms with Crippen LogP contribution in [0.4, 0.5) is 0 Å². The van der Waals surface area contributed by atoms with Crippen molar-refractivity contribution in [3.63, 3.8) is 0 Å². The van der Waals surface area contributed by atoms with Gasteiger partial charge in [0.25, 0.3) is 0 Å². The Balaban J connectivity index is 4.46. The predicted octanol–water partition coefficient (Wildman–Crippen LogP) is 2.58. The molecule has 6 nitrogen and oxygen atoms in total. The Bertz CT molecular complexity index is 315. The van der Waals surface area contributed by atoms with Gasteiger partial charge in [0.2, 0.25) is 0 Å². The summed E-state index contributed by atoms with van der Waals surface area (Å²) in [6.07, 6.45) is 0.683. The fraction of sp³-hybridized carbons (Fsp3) is 0.933. The number of hydrogen-bond donors (Lipinski definition) is 1. The van der Waals surface area contributed by atoms with E-state index in [1.54, 1.807) is 0 Å². The van der Waals surface area contributed by atoms with E-state index in [0.717, 1.165) is 0 Å². The summed E-state index contributed by atoms with van der Waals surface area (Å²) in [5.74, 6) is 0. The van der Waals surface area contributed by atoms with Crippen molar-refractivity contribution in [2.75, 3.05) is 39.2 Å². The van der Waals surface area contributed by atoms with E-state index < -0.39 is 7.87 Å². The van der Waals surface area contributed by atoms with Crippen molar-refractivity contribution >= 4 is 7.87 Å². The van der Waals surface area contributed by atoms with Crippen LogP contribution in [-0.2, 0) is 14.0 Å². The molecular formula is C15H33N2O4P. The SMILES string of the molecule is CCOCCOCCO[PH](O)(CCC#N)N(C(C)C)C(C)C. The molecule has 0 saturated carbocycles. The molecule has 0 aromatic carbocycles. The molecule has 0 spiro atoms. The van der Waals surface area contributed by atoms with E-state index in [4.69, 9.17) is 19.3 Å². The van der Waals surface area contributed by atoms with Gasteiger partial charge in [-0.25, -0.2) is 0 Å². The summed E-state index contributed by atoms with van der Waals surface area (Å²) in [6.45, 7) is 12.6. The minimum absolute atomic E-state index is 0.161. The van der Waals surface area contributed by atoms with Crippen LogP contribution in [0.15, 0.2) is 0 Å². The van der Waals surface area contributed by atoms with E-state index in [1.807, 2.05) is 39.3 Å². The van der Waals surface area contributed by atoms with Crippen LogP contribution in [0.3, 0.4) is 0 Å². The van der Waals surface area contributed by atoms with Gasteiger partial charge in [0.1, 0.15) is 0 Å². The Kier molecular flexibility index (Phi) is 12.0. The second kappa shape index (κ2) is 12.2. The van der Waals surface area contributed by atoms with Crippen molar-refractivity contribution in [3.05, 3.63) is 0 Å². The van der Waals surface area contributed by atoms with Crippen LogP contribution < -0.4 is 0 Å². The van der Waals surface area contributed by atoms with Gasteiger partial charge in [-0.1, -0.05) is 0 Å². The van der Waals surface area contributed by atoms with E-state index >= 15 is 0 Å². The zero-order chi connectivity index (χ0) is 17.0. The van der Waals surface area contributed by atoms with Gasteiger partial charge in [-0.3, -0.25) is 0 Å². The number of ether oxygens (including phenoxy) is 2. The van der Waals surface area contributed by atoms with Gasteiger partial charge in [-0.05, 0) is 0 Å². The fourth-order valence-electron chi connectivity index (χ4n) is 2.53. The summed E-state index contributed by atoms with van der Waals surface area (Å²) >= 11 is 0. The van der Waals surface area contributed by atoms with E-state index in [1.165, 1.54) is 0 Å². The second-order valence-electron chi connectivity index (χ2n) is 5.65. The van der Waals surface area contributed by atoms with Crippen LogP contribution in [0.5, 0.6) is 0 Å². The normalized spacial score (nSPS) is 13.1. The van der Waals surface area contributed by atoms with E-state index in [-0.39, 0.29) is 12.1 Å². The van der Waals surface area contributed by atoms with E-state index in [9.17, 15) is 4.89 Å². The molecule has 0 unspecified atom stereocenters. The molecule has 132 valence electrons. The average molecular weight is 336 g/mol. The standard InChI is InChI=1S/C15H33N2O4P/c1-6-19-9-10-20-11-12-21-22(18,13-7-8-16)17(14(2)3)15(4)5/h14-15,18,22H,6-7,9-13H2,1-5H3. The number of rotatable bonds is 13. The molecule has 0 radical (unpaired) electrons. The van der Waals surface area contributed by atoms with Gasteiger partial charge >= 0.3 is 135 Å². The molecule has 0 aliphatic carbocycles. The predicted molar refractivity (Wildman–Crippen MR) is 91.0 cm³/mol. The number of nitrogens with zero attached hydrogens (tertiary/aromatic N) is 2. The number of nitriles is 1. The van der Waals surface area contributed by atoms with Crippen molar-refractivity contribution in [1.82, 2.24) is 4.67 Å². The first kappa shape index (κ1) is 21.7. The van der Waals surface area contributed by atoms with Gasteiger partial charge in [-0.15, -0.1) is 0 Å². The zero-order valence-electron chi connectivity index (χ0n) is 14.7. The Morgan fingerprint density at radius 2 is 1.59 bits per heavy atom. The third-order valence-electron chi connectivity index (χ3n) is 3.22. The van der Waals surface area contributed by atoms with Crippen molar-refractivity contribution in [1.29, 1.82) is 5.26 Å². The molecule has 0 aromatic heterocycles. The van der Waals surface area contributed by atoms with Crippen LogP contribution in [-0.4, -0.2) is 60.8 Å². The van der Waals surface area contributed by atoms with Crippen molar-refractivity contribution in [3.8, 4) is 6.07 Å². The molecule has 1 N–H and O–H groups in total. The van der Waals surface area contributed by atoms with Crippen LogP contribution in [0.2, 0.25) is 0 Å². The maximum atomic E-state index is 11.0. The molecule has 0 rings (SSSR count). The summed E-state index contributed by atoms with van der Waals surface area (Å²) in [7, 11) is -3.10. The molecule has 0 bridgehead atoms. The van der Waals surface area contributed by atoms with Gasteiger partial charge in [0.15, 0.2) is 0 Å². The Hall–Kier alpha value is -0.280. The number of hydrogen-bond acceptors (Lipinski definition) is 6. The Labute approximate surface area is 135 Å². The molecule has 7 heteroatoms. The van der Waals surface area contributed by atoms with E-state index in [2.05, 4.69) is 6.07 Å². The molecule has 0 fully saturated rings. The molecule has 0 aliphatic heterocycles. The average Bonchev–Trinajstić information content (AvgIpc) is 2.43. The van der Waals surface area contributed by atoms with Crippen LogP contribution in [0.1, 0.15) is 41.0 Å². The monoisotopic (exact) mass is 336 g/mol. The molecule has 0 heterocycles. The topological polar surface area (TPSA) is 75.0 Å².